The van der Waals surface area contributed by atoms with E-state index >= 15 is 0 Å². The van der Waals surface area contributed by atoms with Crippen molar-refractivity contribution in [3.63, 3.8) is 0 Å². The topological polar surface area (TPSA) is 49.9 Å². The Morgan fingerprint density at radius 3 is 2.31 bits per heavy atom. The predicted molar refractivity (Wildman–Crippen MR) is 59.9 cm³/mol. The summed E-state index contributed by atoms with van der Waals surface area (Å²) in [6.45, 7) is 5.03. The first-order valence-corrected chi connectivity index (χ1v) is 5.58. The molecule has 1 rings (SSSR count). The second kappa shape index (κ2) is 5.84. The van der Waals surface area contributed by atoms with E-state index in [0.717, 1.165) is 26.2 Å². The molecule has 0 N–H and O–H groups in total. The summed E-state index contributed by atoms with van der Waals surface area (Å²) < 4.78 is 4.60. The molecule has 0 aromatic rings. The van der Waals surface area contributed by atoms with E-state index in [9.17, 15) is 9.59 Å². The Kier molecular flexibility index (Phi) is 4.73. The van der Waals surface area contributed by atoms with E-state index < -0.39 is 0 Å². The van der Waals surface area contributed by atoms with E-state index in [1.54, 1.807) is 6.92 Å². The van der Waals surface area contributed by atoms with Crippen LogP contribution in [0.2, 0.25) is 0 Å². The molecule has 1 amide bonds. The average molecular weight is 228 g/mol. The molecular weight excluding hydrogens is 208 g/mol. The lowest BCUT2D eigenvalue weighted by molar-refractivity contribution is -0.148. The standard InChI is InChI=1S/C11H20N2O3/c1-9(11(15)16-3)8-10(14)13-6-4-12(2)5-7-13/h9H,4-8H2,1-3H3/t9-/m0/s1. The maximum Gasteiger partial charge on any atom is 0.308 e. The van der Waals surface area contributed by atoms with Gasteiger partial charge in [0.15, 0.2) is 0 Å². The summed E-state index contributed by atoms with van der Waals surface area (Å²) in [6, 6.07) is 0. The van der Waals surface area contributed by atoms with Crippen LogP contribution >= 0.6 is 0 Å². The molecular formula is C11H20N2O3. The van der Waals surface area contributed by atoms with Crippen LogP contribution in [0.4, 0.5) is 0 Å². The Morgan fingerprint density at radius 1 is 1.25 bits per heavy atom. The van der Waals surface area contributed by atoms with Crippen LogP contribution in [-0.4, -0.2) is 62.0 Å². The van der Waals surface area contributed by atoms with Crippen LogP contribution < -0.4 is 0 Å². The zero-order valence-corrected chi connectivity index (χ0v) is 10.2. The largest absolute Gasteiger partial charge is 0.469 e. The number of esters is 1. The van der Waals surface area contributed by atoms with Crippen molar-refractivity contribution < 1.29 is 14.3 Å². The van der Waals surface area contributed by atoms with Gasteiger partial charge in [0, 0.05) is 32.6 Å². The first-order valence-electron chi connectivity index (χ1n) is 5.58. The minimum absolute atomic E-state index is 0.0472. The van der Waals surface area contributed by atoms with Crippen LogP contribution in [-0.2, 0) is 14.3 Å². The molecule has 1 aliphatic heterocycles. The fraction of sp³-hybridized carbons (Fsp3) is 0.818. The second-order valence-corrected chi connectivity index (χ2v) is 4.31. The van der Waals surface area contributed by atoms with Gasteiger partial charge in [-0.15, -0.1) is 0 Å². The Balaban J connectivity index is 2.37. The minimum atomic E-state index is -0.350. The average Bonchev–Trinajstić information content (AvgIpc) is 2.28. The number of hydrogen-bond donors (Lipinski definition) is 0. The van der Waals surface area contributed by atoms with E-state index in [1.165, 1.54) is 7.11 Å². The summed E-state index contributed by atoms with van der Waals surface area (Å²) in [5.41, 5.74) is 0. The van der Waals surface area contributed by atoms with Crippen LogP contribution in [0, 0.1) is 5.92 Å². The Hall–Kier alpha value is -1.10. The normalized spacial score (nSPS) is 19.3. The maximum atomic E-state index is 11.8. The van der Waals surface area contributed by atoms with Crippen LogP contribution in [0.1, 0.15) is 13.3 Å². The van der Waals surface area contributed by atoms with Gasteiger partial charge in [0.1, 0.15) is 0 Å². The maximum absolute atomic E-state index is 11.8. The van der Waals surface area contributed by atoms with Gasteiger partial charge in [0.25, 0.3) is 0 Å². The summed E-state index contributed by atoms with van der Waals surface area (Å²) in [6.07, 6.45) is 0.246. The summed E-state index contributed by atoms with van der Waals surface area (Å²) >= 11 is 0. The van der Waals surface area contributed by atoms with Crippen molar-refractivity contribution in [2.45, 2.75) is 13.3 Å². The number of carbonyl (C=O) groups excluding carboxylic acids is 2. The third-order valence-electron chi connectivity index (χ3n) is 2.94. The molecule has 1 heterocycles. The lowest BCUT2D eigenvalue weighted by Crippen LogP contribution is -2.47. The van der Waals surface area contributed by atoms with E-state index in [2.05, 4.69) is 9.64 Å². The van der Waals surface area contributed by atoms with E-state index in [1.807, 2.05) is 11.9 Å². The minimum Gasteiger partial charge on any atom is -0.469 e. The Labute approximate surface area is 96.3 Å². The van der Waals surface area contributed by atoms with Gasteiger partial charge in [-0.1, -0.05) is 6.92 Å². The van der Waals surface area contributed by atoms with Crippen LogP contribution in [0.3, 0.4) is 0 Å². The molecule has 0 spiro atoms. The number of nitrogens with zero attached hydrogens (tertiary/aromatic N) is 2. The second-order valence-electron chi connectivity index (χ2n) is 4.31. The zero-order valence-electron chi connectivity index (χ0n) is 10.2. The molecule has 0 aromatic heterocycles. The van der Waals surface area contributed by atoms with Gasteiger partial charge in [-0.3, -0.25) is 9.59 Å². The van der Waals surface area contributed by atoms with E-state index in [0.29, 0.717) is 0 Å². The molecule has 16 heavy (non-hydrogen) atoms. The van der Waals surface area contributed by atoms with Gasteiger partial charge < -0.3 is 14.5 Å². The van der Waals surface area contributed by atoms with Crippen LogP contribution in [0.25, 0.3) is 0 Å². The number of piperazine rings is 1. The van der Waals surface area contributed by atoms with Gasteiger partial charge in [-0.05, 0) is 7.05 Å². The molecule has 0 unspecified atom stereocenters. The fourth-order valence-electron chi connectivity index (χ4n) is 1.73. The molecule has 1 fully saturated rings. The molecule has 0 aliphatic carbocycles. The van der Waals surface area contributed by atoms with Crippen molar-refractivity contribution in [3.8, 4) is 0 Å². The molecule has 5 heteroatoms. The molecule has 1 saturated heterocycles. The number of ether oxygens (including phenoxy) is 1. The number of carbonyl (C=O) groups is 2. The first kappa shape index (κ1) is 13.0. The number of hydrogen-bond acceptors (Lipinski definition) is 4. The molecule has 5 nitrogen and oxygen atoms in total. The Morgan fingerprint density at radius 2 is 1.81 bits per heavy atom. The molecule has 0 bridgehead atoms. The Bertz CT molecular complexity index is 260. The summed E-state index contributed by atoms with van der Waals surface area (Å²) in [5.74, 6) is -0.620. The number of amides is 1. The summed E-state index contributed by atoms with van der Waals surface area (Å²) in [4.78, 5) is 27.0. The SMILES string of the molecule is COC(=O)[C@@H](C)CC(=O)N1CCN(C)CC1. The fourth-order valence-corrected chi connectivity index (χ4v) is 1.73. The molecule has 92 valence electrons. The quantitative estimate of drug-likeness (QED) is 0.636. The van der Waals surface area contributed by atoms with Crippen LogP contribution in [0.5, 0.6) is 0 Å². The van der Waals surface area contributed by atoms with Gasteiger partial charge in [-0.2, -0.15) is 0 Å². The van der Waals surface area contributed by atoms with Crippen molar-refractivity contribution in [1.29, 1.82) is 0 Å². The van der Waals surface area contributed by atoms with E-state index in [4.69, 9.17) is 0 Å². The molecule has 0 saturated carbocycles. The van der Waals surface area contributed by atoms with Gasteiger partial charge in [0.2, 0.25) is 5.91 Å². The van der Waals surface area contributed by atoms with Gasteiger partial charge in [0.05, 0.1) is 13.0 Å². The van der Waals surface area contributed by atoms with Crippen molar-refractivity contribution in [3.05, 3.63) is 0 Å². The predicted octanol–water partition coefficient (Wildman–Crippen LogP) is -0.0404. The molecule has 0 radical (unpaired) electrons. The van der Waals surface area contributed by atoms with Crippen molar-refractivity contribution in [2.24, 2.45) is 5.92 Å². The highest BCUT2D eigenvalue weighted by molar-refractivity contribution is 5.82. The molecule has 0 aromatic carbocycles. The highest BCUT2D eigenvalue weighted by Gasteiger charge is 2.23. The number of rotatable bonds is 3. The van der Waals surface area contributed by atoms with Crippen molar-refractivity contribution in [1.82, 2.24) is 9.80 Å². The molecule has 1 aliphatic rings. The third kappa shape index (κ3) is 3.48. The lowest BCUT2D eigenvalue weighted by atomic mass is 10.1. The first-order chi connectivity index (χ1) is 7.54. The number of methoxy groups -OCH3 is 1. The van der Waals surface area contributed by atoms with E-state index in [-0.39, 0.29) is 24.2 Å². The monoisotopic (exact) mass is 228 g/mol. The highest BCUT2D eigenvalue weighted by atomic mass is 16.5. The smallest absolute Gasteiger partial charge is 0.308 e. The third-order valence-corrected chi connectivity index (χ3v) is 2.94. The lowest BCUT2D eigenvalue weighted by Gasteiger charge is -2.32. The van der Waals surface area contributed by atoms with Crippen molar-refractivity contribution in [2.75, 3.05) is 40.3 Å². The summed E-state index contributed by atoms with van der Waals surface area (Å²) in [5, 5.41) is 0. The number of likely N-dealkylation sites (N-methyl/N-ethyl adjacent to an activating group) is 1. The summed E-state index contributed by atoms with van der Waals surface area (Å²) in [7, 11) is 3.39. The highest BCUT2D eigenvalue weighted by Crippen LogP contribution is 2.09. The van der Waals surface area contributed by atoms with Crippen molar-refractivity contribution >= 4 is 11.9 Å². The molecule has 1 atom stereocenters. The zero-order chi connectivity index (χ0) is 12.1. The van der Waals surface area contributed by atoms with Crippen LogP contribution in [0.15, 0.2) is 0 Å². The van der Waals surface area contributed by atoms with Gasteiger partial charge in [-0.25, -0.2) is 0 Å². The van der Waals surface area contributed by atoms with Gasteiger partial charge >= 0.3 is 5.97 Å².